The fourth-order valence-corrected chi connectivity index (χ4v) is 1.89. The third-order valence-electron chi connectivity index (χ3n) is 2.16. The lowest BCUT2D eigenvalue weighted by Crippen LogP contribution is -1.91. The van der Waals surface area contributed by atoms with Gasteiger partial charge in [-0.3, -0.25) is 4.79 Å². The number of hydrogen-bond acceptors (Lipinski definition) is 2. The van der Waals surface area contributed by atoms with Crippen LogP contribution in [-0.2, 0) is 4.79 Å². The van der Waals surface area contributed by atoms with Crippen LogP contribution in [0.4, 0.5) is 0 Å². The molecule has 0 bridgehead atoms. The van der Waals surface area contributed by atoms with Gasteiger partial charge < -0.3 is 0 Å². The quantitative estimate of drug-likeness (QED) is 0.557. The maximum atomic E-state index is 11.1. The Labute approximate surface area is 93.0 Å². The van der Waals surface area contributed by atoms with E-state index in [1.165, 1.54) is 37.4 Å². The summed E-state index contributed by atoms with van der Waals surface area (Å²) in [5, 5.41) is 0.316. The number of carbonyl (C=O) groups is 1. The average Bonchev–Trinajstić information content (AvgIpc) is 2.11. The zero-order valence-electron chi connectivity index (χ0n) is 9.71. The first-order valence-electron chi connectivity index (χ1n) is 5.64. The molecule has 0 amide bonds. The van der Waals surface area contributed by atoms with Crippen molar-refractivity contribution in [3.8, 4) is 0 Å². The van der Waals surface area contributed by atoms with E-state index in [0.717, 1.165) is 18.8 Å². The van der Waals surface area contributed by atoms with Gasteiger partial charge in [0.05, 0.1) is 0 Å². The molecule has 1 nitrogen and oxygen atoms in total. The third kappa shape index (κ3) is 10.1. The highest BCUT2D eigenvalue weighted by atomic mass is 32.2. The molecule has 0 rings (SSSR count). The van der Waals surface area contributed by atoms with Gasteiger partial charge in [0.2, 0.25) is 0 Å². The van der Waals surface area contributed by atoms with Crippen molar-refractivity contribution in [3.63, 3.8) is 0 Å². The molecule has 1 radical (unpaired) electrons. The highest BCUT2D eigenvalue weighted by Gasteiger charge is 2.00. The van der Waals surface area contributed by atoms with E-state index in [9.17, 15) is 4.79 Å². The first kappa shape index (κ1) is 14.0. The third-order valence-corrected chi connectivity index (χ3v) is 2.86. The number of hydrogen-bond donors (Lipinski definition) is 0. The van der Waals surface area contributed by atoms with Crippen molar-refractivity contribution in [2.24, 2.45) is 5.92 Å². The molecular weight excluding hydrogens is 192 g/mol. The van der Waals surface area contributed by atoms with E-state index in [4.69, 9.17) is 0 Å². The Balaban J connectivity index is 3.09. The van der Waals surface area contributed by atoms with Crippen LogP contribution in [0.3, 0.4) is 0 Å². The van der Waals surface area contributed by atoms with Gasteiger partial charge in [-0.25, -0.2) is 0 Å². The molecule has 0 aliphatic carbocycles. The maximum Gasteiger partial charge on any atom is 0.189 e. The average molecular weight is 215 g/mol. The van der Waals surface area contributed by atoms with Gasteiger partial charge in [-0.05, 0) is 12.3 Å². The topological polar surface area (TPSA) is 17.1 Å². The van der Waals surface area contributed by atoms with Crippen LogP contribution in [0.5, 0.6) is 0 Å². The number of rotatable bonds is 8. The summed E-state index contributed by atoms with van der Waals surface area (Å²) in [5.41, 5.74) is 0. The summed E-state index contributed by atoms with van der Waals surface area (Å²) in [6.07, 6.45) is 6.95. The van der Waals surface area contributed by atoms with E-state index >= 15 is 0 Å². The molecule has 83 valence electrons. The predicted octanol–water partition coefficient (Wildman–Crippen LogP) is 4.42. The SMILES string of the molecule is C[CH]SC(=O)CCCCCCC(C)C. The van der Waals surface area contributed by atoms with Crippen LogP contribution >= 0.6 is 11.8 Å². The van der Waals surface area contributed by atoms with E-state index in [0.29, 0.717) is 5.12 Å². The standard InChI is InChI=1S/C12H23OS/c1-4-14-12(13)10-8-6-5-7-9-11(2)3/h4,11H,5-10H2,1-3H3. The fraction of sp³-hybridized carbons (Fsp3) is 0.833. The van der Waals surface area contributed by atoms with Crippen LogP contribution in [-0.4, -0.2) is 5.12 Å². The van der Waals surface area contributed by atoms with Crippen LogP contribution in [0.2, 0.25) is 0 Å². The van der Waals surface area contributed by atoms with Gasteiger partial charge in [-0.15, -0.1) is 0 Å². The van der Waals surface area contributed by atoms with E-state index < -0.39 is 0 Å². The molecule has 0 fully saturated rings. The highest BCUT2D eigenvalue weighted by Crippen LogP contribution is 2.14. The minimum Gasteiger partial charge on any atom is -0.287 e. The molecule has 0 aliphatic heterocycles. The van der Waals surface area contributed by atoms with Crippen LogP contribution in [0, 0.1) is 11.7 Å². The molecule has 0 spiro atoms. The van der Waals surface area contributed by atoms with Crippen molar-refractivity contribution in [3.05, 3.63) is 5.75 Å². The minimum atomic E-state index is 0.316. The van der Waals surface area contributed by atoms with Crippen molar-refractivity contribution >= 4 is 16.9 Å². The van der Waals surface area contributed by atoms with Gasteiger partial charge in [0.25, 0.3) is 0 Å². The Morgan fingerprint density at radius 3 is 2.43 bits per heavy atom. The van der Waals surface area contributed by atoms with E-state index in [2.05, 4.69) is 13.8 Å². The number of carbonyl (C=O) groups excluding carboxylic acids is 1. The molecule has 0 unspecified atom stereocenters. The van der Waals surface area contributed by atoms with Crippen LogP contribution in [0.1, 0.15) is 59.3 Å². The normalized spacial score (nSPS) is 10.9. The lowest BCUT2D eigenvalue weighted by molar-refractivity contribution is -0.111. The highest BCUT2D eigenvalue weighted by molar-refractivity contribution is 8.15. The Morgan fingerprint density at radius 2 is 1.86 bits per heavy atom. The zero-order chi connectivity index (χ0) is 10.8. The molecule has 0 saturated heterocycles. The molecule has 0 aliphatic rings. The molecule has 0 atom stereocenters. The number of unbranched alkanes of at least 4 members (excludes halogenated alkanes) is 3. The van der Waals surface area contributed by atoms with Gasteiger partial charge >= 0.3 is 0 Å². The Kier molecular flexibility index (Phi) is 9.58. The molecular formula is C12H23OS. The van der Waals surface area contributed by atoms with Gasteiger partial charge in [0, 0.05) is 12.2 Å². The van der Waals surface area contributed by atoms with Crippen molar-refractivity contribution in [1.29, 1.82) is 0 Å². The summed E-state index contributed by atoms with van der Waals surface area (Å²) in [7, 11) is 0. The molecule has 0 aromatic rings. The van der Waals surface area contributed by atoms with Crippen LogP contribution < -0.4 is 0 Å². The summed E-state index contributed by atoms with van der Waals surface area (Å²) in [6.45, 7) is 6.43. The summed E-state index contributed by atoms with van der Waals surface area (Å²) >= 11 is 1.34. The number of thioether (sulfide) groups is 1. The minimum absolute atomic E-state index is 0.316. The lowest BCUT2D eigenvalue weighted by Gasteiger charge is -2.03. The molecule has 0 heterocycles. The van der Waals surface area contributed by atoms with Crippen molar-refractivity contribution in [1.82, 2.24) is 0 Å². The second-order valence-electron chi connectivity index (χ2n) is 4.07. The second-order valence-corrected chi connectivity index (χ2v) is 5.23. The Hall–Kier alpha value is 0.0200. The smallest absolute Gasteiger partial charge is 0.189 e. The summed E-state index contributed by atoms with van der Waals surface area (Å²) < 4.78 is 0. The predicted molar refractivity (Wildman–Crippen MR) is 65.1 cm³/mol. The monoisotopic (exact) mass is 215 g/mol. The summed E-state index contributed by atoms with van der Waals surface area (Å²) in [6, 6.07) is 0. The van der Waals surface area contributed by atoms with Crippen molar-refractivity contribution in [2.45, 2.75) is 59.3 Å². The summed E-state index contributed by atoms with van der Waals surface area (Å²) in [4.78, 5) is 11.1. The van der Waals surface area contributed by atoms with Gasteiger partial charge in [0.15, 0.2) is 5.12 Å². The maximum absolute atomic E-state index is 11.1. The Morgan fingerprint density at radius 1 is 1.21 bits per heavy atom. The molecule has 0 aromatic heterocycles. The molecule has 0 N–H and O–H groups in total. The largest absolute Gasteiger partial charge is 0.287 e. The fourth-order valence-electron chi connectivity index (χ4n) is 1.37. The van der Waals surface area contributed by atoms with Crippen LogP contribution in [0.15, 0.2) is 0 Å². The first-order valence-corrected chi connectivity index (χ1v) is 6.52. The first-order chi connectivity index (χ1) is 6.66. The lowest BCUT2D eigenvalue weighted by atomic mass is 10.0. The molecule has 14 heavy (non-hydrogen) atoms. The van der Waals surface area contributed by atoms with Gasteiger partial charge in [-0.1, -0.05) is 58.2 Å². The van der Waals surface area contributed by atoms with Crippen molar-refractivity contribution in [2.75, 3.05) is 0 Å². The van der Waals surface area contributed by atoms with Gasteiger partial charge in [0.1, 0.15) is 0 Å². The van der Waals surface area contributed by atoms with Gasteiger partial charge in [-0.2, -0.15) is 0 Å². The van der Waals surface area contributed by atoms with E-state index in [1.54, 1.807) is 0 Å². The molecule has 2 heteroatoms. The molecule has 0 aromatic carbocycles. The zero-order valence-corrected chi connectivity index (χ0v) is 10.5. The Bertz CT molecular complexity index is 143. The van der Waals surface area contributed by atoms with Crippen molar-refractivity contribution < 1.29 is 4.79 Å². The summed E-state index contributed by atoms with van der Waals surface area (Å²) in [5.74, 6) is 2.68. The van der Waals surface area contributed by atoms with E-state index in [-0.39, 0.29) is 0 Å². The van der Waals surface area contributed by atoms with E-state index in [1.807, 2.05) is 12.7 Å². The second kappa shape index (κ2) is 9.57. The molecule has 0 saturated carbocycles. The van der Waals surface area contributed by atoms with Crippen LogP contribution in [0.25, 0.3) is 0 Å².